The zero-order valence-corrected chi connectivity index (χ0v) is 12.0. The first-order valence-electron chi connectivity index (χ1n) is 6.40. The Morgan fingerprint density at radius 1 is 1.17 bits per heavy atom. The summed E-state index contributed by atoms with van der Waals surface area (Å²) in [6.07, 6.45) is 4.04. The van der Waals surface area contributed by atoms with Gasteiger partial charge in [-0.2, -0.15) is 0 Å². The van der Waals surface area contributed by atoms with Crippen LogP contribution in [0.25, 0.3) is 0 Å². The molecule has 0 aromatic heterocycles. The average molecular weight is 269 g/mol. The molecule has 1 atom stereocenters. The van der Waals surface area contributed by atoms with E-state index in [-0.39, 0.29) is 0 Å². The van der Waals surface area contributed by atoms with Crippen molar-refractivity contribution in [3.05, 3.63) is 35.9 Å². The zero-order valence-electron chi connectivity index (χ0n) is 11.2. The molecule has 0 saturated carbocycles. The Morgan fingerprint density at radius 2 is 1.83 bits per heavy atom. The standard InChI is InChI=1S/C14H23NO2S/c1-15-12-14(13-8-4-3-5-9-13)10-6-7-11-18(2,16)17/h3-5,8-9,14-15H,6-7,10-12H2,1-2H3. The van der Waals surface area contributed by atoms with Crippen LogP contribution >= 0.6 is 0 Å². The Balaban J connectivity index is 2.44. The van der Waals surface area contributed by atoms with Gasteiger partial charge in [0.15, 0.2) is 0 Å². The molecule has 0 fully saturated rings. The Kier molecular flexibility index (Phi) is 6.36. The van der Waals surface area contributed by atoms with Crippen molar-refractivity contribution in [2.75, 3.05) is 25.6 Å². The van der Waals surface area contributed by atoms with Gasteiger partial charge in [-0.3, -0.25) is 0 Å². The molecule has 0 radical (unpaired) electrons. The highest BCUT2D eigenvalue weighted by molar-refractivity contribution is 7.90. The molecule has 0 saturated heterocycles. The minimum atomic E-state index is -2.81. The summed E-state index contributed by atoms with van der Waals surface area (Å²) >= 11 is 0. The summed E-state index contributed by atoms with van der Waals surface area (Å²) < 4.78 is 22.1. The SMILES string of the molecule is CNCC(CCCCS(C)(=O)=O)c1ccccc1. The Labute approximate surface area is 111 Å². The van der Waals surface area contributed by atoms with E-state index in [2.05, 4.69) is 29.6 Å². The molecule has 102 valence electrons. The predicted molar refractivity (Wildman–Crippen MR) is 76.7 cm³/mol. The van der Waals surface area contributed by atoms with Gasteiger partial charge in [-0.1, -0.05) is 36.8 Å². The van der Waals surface area contributed by atoms with Crippen molar-refractivity contribution in [1.82, 2.24) is 5.32 Å². The molecule has 0 bridgehead atoms. The van der Waals surface area contributed by atoms with E-state index in [1.807, 2.05) is 13.1 Å². The quantitative estimate of drug-likeness (QED) is 0.736. The third-order valence-corrected chi connectivity index (χ3v) is 4.07. The summed E-state index contributed by atoms with van der Waals surface area (Å²) in [6, 6.07) is 10.4. The Bertz CT molecular complexity index is 428. The van der Waals surface area contributed by atoms with Crippen LogP contribution in [0.1, 0.15) is 30.7 Å². The number of sulfone groups is 1. The maximum Gasteiger partial charge on any atom is 0.147 e. The Hall–Kier alpha value is -0.870. The Morgan fingerprint density at radius 3 is 2.39 bits per heavy atom. The molecule has 3 nitrogen and oxygen atoms in total. The van der Waals surface area contributed by atoms with Gasteiger partial charge >= 0.3 is 0 Å². The molecule has 0 aliphatic heterocycles. The van der Waals surface area contributed by atoms with Crippen molar-refractivity contribution in [3.63, 3.8) is 0 Å². The molecule has 0 aliphatic carbocycles. The van der Waals surface area contributed by atoms with Crippen LogP contribution < -0.4 is 5.32 Å². The van der Waals surface area contributed by atoms with Crippen molar-refractivity contribution in [2.45, 2.75) is 25.2 Å². The maximum atomic E-state index is 11.1. The van der Waals surface area contributed by atoms with Crippen LogP contribution in [0.15, 0.2) is 30.3 Å². The zero-order chi connectivity index (χ0) is 13.4. The maximum absolute atomic E-state index is 11.1. The van der Waals surface area contributed by atoms with E-state index in [1.54, 1.807) is 0 Å². The summed E-state index contributed by atoms with van der Waals surface area (Å²) in [5.74, 6) is 0.768. The highest BCUT2D eigenvalue weighted by Gasteiger charge is 2.10. The number of hydrogen-bond acceptors (Lipinski definition) is 3. The van der Waals surface area contributed by atoms with Crippen molar-refractivity contribution >= 4 is 9.84 Å². The van der Waals surface area contributed by atoms with Gasteiger partial charge in [0, 0.05) is 18.6 Å². The van der Waals surface area contributed by atoms with Gasteiger partial charge in [0.25, 0.3) is 0 Å². The molecule has 0 aliphatic rings. The van der Waals surface area contributed by atoms with Crippen LogP contribution in [-0.2, 0) is 9.84 Å². The summed E-state index contributed by atoms with van der Waals surface area (Å²) in [6.45, 7) is 0.933. The van der Waals surface area contributed by atoms with E-state index in [9.17, 15) is 8.42 Å². The number of unbranched alkanes of at least 4 members (excludes halogenated alkanes) is 1. The predicted octanol–water partition coefficient (Wildman–Crippen LogP) is 2.20. The minimum Gasteiger partial charge on any atom is -0.319 e. The van der Waals surface area contributed by atoms with Crippen LogP contribution in [0.3, 0.4) is 0 Å². The van der Waals surface area contributed by atoms with Crippen molar-refractivity contribution in [2.24, 2.45) is 0 Å². The third kappa shape index (κ3) is 6.17. The van der Waals surface area contributed by atoms with E-state index < -0.39 is 9.84 Å². The monoisotopic (exact) mass is 269 g/mol. The van der Waals surface area contributed by atoms with E-state index in [0.717, 1.165) is 25.8 Å². The van der Waals surface area contributed by atoms with Crippen molar-refractivity contribution < 1.29 is 8.42 Å². The number of hydrogen-bond donors (Lipinski definition) is 1. The molecule has 0 amide bonds. The van der Waals surface area contributed by atoms with Gasteiger partial charge in [0.05, 0.1) is 0 Å². The summed E-state index contributed by atoms with van der Waals surface area (Å²) in [5.41, 5.74) is 1.33. The molecule has 1 aromatic carbocycles. The van der Waals surface area contributed by atoms with Gasteiger partial charge in [0.2, 0.25) is 0 Å². The van der Waals surface area contributed by atoms with E-state index >= 15 is 0 Å². The van der Waals surface area contributed by atoms with E-state index in [4.69, 9.17) is 0 Å². The van der Waals surface area contributed by atoms with Crippen LogP contribution in [0.2, 0.25) is 0 Å². The second-order valence-corrected chi connectivity index (χ2v) is 7.05. The number of likely N-dealkylation sites (N-methyl/N-ethyl adjacent to an activating group) is 1. The lowest BCUT2D eigenvalue weighted by Gasteiger charge is -2.16. The third-order valence-electron chi connectivity index (χ3n) is 3.04. The minimum absolute atomic E-state index is 0.300. The fourth-order valence-electron chi connectivity index (χ4n) is 2.11. The van der Waals surface area contributed by atoms with Crippen molar-refractivity contribution in [1.29, 1.82) is 0 Å². The highest BCUT2D eigenvalue weighted by Crippen LogP contribution is 2.21. The molecule has 18 heavy (non-hydrogen) atoms. The number of nitrogens with one attached hydrogen (secondary N) is 1. The van der Waals surface area contributed by atoms with Crippen LogP contribution in [0.4, 0.5) is 0 Å². The first kappa shape index (κ1) is 15.2. The fraction of sp³-hybridized carbons (Fsp3) is 0.571. The van der Waals surface area contributed by atoms with Gasteiger partial charge in [-0.25, -0.2) is 8.42 Å². The lowest BCUT2D eigenvalue weighted by Crippen LogP contribution is -2.17. The normalized spacial score (nSPS) is 13.4. The van der Waals surface area contributed by atoms with Gasteiger partial charge in [0.1, 0.15) is 9.84 Å². The lowest BCUT2D eigenvalue weighted by molar-refractivity contribution is 0.550. The highest BCUT2D eigenvalue weighted by atomic mass is 32.2. The molecule has 1 rings (SSSR count). The number of benzene rings is 1. The number of rotatable bonds is 8. The van der Waals surface area contributed by atoms with E-state index in [1.165, 1.54) is 11.8 Å². The molecule has 1 unspecified atom stereocenters. The molecule has 0 spiro atoms. The van der Waals surface area contributed by atoms with Gasteiger partial charge < -0.3 is 5.32 Å². The first-order chi connectivity index (χ1) is 8.53. The van der Waals surface area contributed by atoms with Gasteiger partial charge in [-0.15, -0.1) is 0 Å². The first-order valence-corrected chi connectivity index (χ1v) is 8.46. The van der Waals surface area contributed by atoms with Crippen LogP contribution in [0, 0.1) is 0 Å². The molecule has 1 N–H and O–H groups in total. The van der Waals surface area contributed by atoms with Crippen molar-refractivity contribution in [3.8, 4) is 0 Å². The second kappa shape index (κ2) is 7.54. The molecular weight excluding hydrogens is 246 g/mol. The lowest BCUT2D eigenvalue weighted by atomic mass is 9.93. The molecule has 4 heteroatoms. The van der Waals surface area contributed by atoms with Crippen LogP contribution in [-0.4, -0.2) is 34.0 Å². The second-order valence-electron chi connectivity index (χ2n) is 4.79. The van der Waals surface area contributed by atoms with E-state index in [0.29, 0.717) is 11.7 Å². The molecular formula is C14H23NO2S. The summed E-state index contributed by atoms with van der Waals surface area (Å²) in [4.78, 5) is 0. The summed E-state index contributed by atoms with van der Waals surface area (Å²) in [5, 5.41) is 3.21. The fourth-order valence-corrected chi connectivity index (χ4v) is 2.84. The topological polar surface area (TPSA) is 46.2 Å². The molecule has 0 heterocycles. The largest absolute Gasteiger partial charge is 0.319 e. The average Bonchev–Trinajstić information content (AvgIpc) is 2.33. The van der Waals surface area contributed by atoms with Crippen LogP contribution in [0.5, 0.6) is 0 Å². The smallest absolute Gasteiger partial charge is 0.147 e. The molecule has 1 aromatic rings. The van der Waals surface area contributed by atoms with Gasteiger partial charge in [-0.05, 0) is 31.4 Å². The summed E-state index contributed by atoms with van der Waals surface area (Å²) in [7, 11) is -0.864.